The van der Waals surface area contributed by atoms with E-state index in [2.05, 4.69) is 48.6 Å². The molecule has 0 atom stereocenters. The van der Waals surface area contributed by atoms with Crippen molar-refractivity contribution >= 4 is 0 Å². The minimum atomic E-state index is 0. The summed E-state index contributed by atoms with van der Waals surface area (Å²) in [5.74, 6) is 0.683. The van der Waals surface area contributed by atoms with Crippen molar-refractivity contribution < 1.29 is 17.1 Å². The topological polar surface area (TPSA) is 0 Å². The molecule has 1 aliphatic carbocycles. The van der Waals surface area contributed by atoms with E-state index in [-0.39, 0.29) is 17.1 Å². The van der Waals surface area contributed by atoms with Gasteiger partial charge in [-0.1, -0.05) is 37.1 Å². The van der Waals surface area contributed by atoms with Crippen molar-refractivity contribution in [2.75, 3.05) is 0 Å². The van der Waals surface area contributed by atoms with Crippen LogP contribution in [0.4, 0.5) is 0 Å². The summed E-state index contributed by atoms with van der Waals surface area (Å²) in [7, 11) is 0. The first-order chi connectivity index (χ1) is 6.95. The smallest absolute Gasteiger partial charge is 0.184 e. The van der Waals surface area contributed by atoms with Crippen molar-refractivity contribution in [2.24, 2.45) is 5.92 Å². The molecule has 0 fully saturated rings. The Morgan fingerprint density at radius 1 is 1.20 bits per heavy atom. The summed E-state index contributed by atoms with van der Waals surface area (Å²) in [6.07, 6.45) is 12.5. The summed E-state index contributed by atoms with van der Waals surface area (Å²) in [6, 6.07) is 11.4. The summed E-state index contributed by atoms with van der Waals surface area (Å²) >= 11 is 0. The number of aryl methyl sites for hydroxylation is 1. The summed E-state index contributed by atoms with van der Waals surface area (Å²) < 4.78 is 0. The zero-order valence-corrected chi connectivity index (χ0v) is 9.78. The molecule has 0 radical (unpaired) electrons. The Bertz CT molecular complexity index is 312. The van der Waals surface area contributed by atoms with E-state index in [4.69, 9.17) is 0 Å². The first-order valence-electron chi connectivity index (χ1n) is 5.25. The van der Waals surface area contributed by atoms with Gasteiger partial charge in [-0.25, -0.2) is 0 Å². The number of rotatable bonds is 4. The molecule has 0 amide bonds. The van der Waals surface area contributed by atoms with Crippen molar-refractivity contribution in [2.45, 2.75) is 19.3 Å². The van der Waals surface area contributed by atoms with Crippen molar-refractivity contribution in [1.29, 1.82) is 0 Å². The molecule has 0 nitrogen and oxygen atoms in total. The fourth-order valence-electron chi connectivity index (χ4n) is 1.80. The van der Waals surface area contributed by atoms with Gasteiger partial charge in [0.05, 0.1) is 0 Å². The van der Waals surface area contributed by atoms with E-state index in [1.165, 1.54) is 24.8 Å². The Labute approximate surface area is 103 Å². The Balaban J connectivity index is 0.00000112. The molecule has 1 heteroatoms. The Morgan fingerprint density at radius 2 is 2.00 bits per heavy atom. The normalized spacial score (nSPS) is 14.1. The van der Waals surface area contributed by atoms with E-state index in [0.717, 1.165) is 0 Å². The van der Waals surface area contributed by atoms with Crippen LogP contribution in [0.15, 0.2) is 48.6 Å². The second-order valence-corrected chi connectivity index (χ2v) is 3.74. The van der Waals surface area contributed by atoms with Gasteiger partial charge in [-0.05, 0) is 12.3 Å². The van der Waals surface area contributed by atoms with E-state index < -0.39 is 0 Å². The predicted octanol–water partition coefficient (Wildman–Crippen LogP) is 3.55. The maximum Gasteiger partial charge on any atom is 2.00 e. The van der Waals surface area contributed by atoms with Gasteiger partial charge in [0, 0.05) is 0 Å². The van der Waals surface area contributed by atoms with Gasteiger partial charge < -0.3 is 0 Å². The molecule has 1 aromatic carbocycles. The molecular formula is C14H15Fe+. The van der Waals surface area contributed by atoms with Gasteiger partial charge in [0.2, 0.25) is 0 Å². The molecule has 0 saturated carbocycles. The monoisotopic (exact) mass is 239 g/mol. The standard InChI is InChI=1S/C14H15.Fe/c1-2-7-13(8-3-1)11-6-12-14-9-4-5-10-14;/h1-2,4-5,7-10,14H,6,11-12H2;/q-1;+2. The molecule has 0 spiro atoms. The van der Waals surface area contributed by atoms with Crippen LogP contribution in [0.5, 0.6) is 0 Å². The SMILES string of the molecule is [Fe+2].[c-]1cccc(CCCC2C=CC=C2)c1. The molecule has 0 heterocycles. The third kappa shape index (κ3) is 4.07. The summed E-state index contributed by atoms with van der Waals surface area (Å²) in [5, 5.41) is 0. The summed E-state index contributed by atoms with van der Waals surface area (Å²) in [6.45, 7) is 0. The van der Waals surface area contributed by atoms with Gasteiger partial charge in [-0.2, -0.15) is 35.9 Å². The number of allylic oxidation sites excluding steroid dienone is 4. The number of benzene rings is 1. The number of hydrogen-bond acceptors (Lipinski definition) is 0. The first-order valence-corrected chi connectivity index (χ1v) is 5.25. The maximum absolute atomic E-state index is 3.11. The third-order valence-corrected chi connectivity index (χ3v) is 2.60. The van der Waals surface area contributed by atoms with Crippen LogP contribution in [0.1, 0.15) is 18.4 Å². The third-order valence-electron chi connectivity index (χ3n) is 2.60. The Morgan fingerprint density at radius 3 is 2.67 bits per heavy atom. The molecule has 2 rings (SSSR count). The summed E-state index contributed by atoms with van der Waals surface area (Å²) in [4.78, 5) is 0. The zero-order valence-electron chi connectivity index (χ0n) is 8.67. The van der Waals surface area contributed by atoms with Crippen LogP contribution in [-0.2, 0) is 23.5 Å². The predicted molar refractivity (Wildman–Crippen MR) is 60.0 cm³/mol. The quantitative estimate of drug-likeness (QED) is 0.556. The van der Waals surface area contributed by atoms with Gasteiger partial charge in [0.15, 0.2) is 0 Å². The molecule has 15 heavy (non-hydrogen) atoms. The maximum atomic E-state index is 3.11. The van der Waals surface area contributed by atoms with Crippen LogP contribution >= 0.6 is 0 Å². The van der Waals surface area contributed by atoms with E-state index in [1.807, 2.05) is 6.07 Å². The minimum absolute atomic E-state index is 0. The van der Waals surface area contributed by atoms with Gasteiger partial charge in [-0.15, -0.1) is 0 Å². The molecule has 0 N–H and O–H groups in total. The molecule has 78 valence electrons. The molecule has 0 unspecified atom stereocenters. The van der Waals surface area contributed by atoms with Gasteiger partial charge in [0.25, 0.3) is 0 Å². The molecule has 0 aromatic heterocycles. The van der Waals surface area contributed by atoms with E-state index >= 15 is 0 Å². The van der Waals surface area contributed by atoms with Crippen LogP contribution in [0, 0.1) is 12.0 Å². The zero-order chi connectivity index (χ0) is 9.64. The fraction of sp³-hybridized carbons (Fsp3) is 0.286. The minimum Gasteiger partial charge on any atom is -0.184 e. The van der Waals surface area contributed by atoms with Gasteiger partial charge in [-0.3, -0.25) is 0 Å². The van der Waals surface area contributed by atoms with Gasteiger partial charge in [0.1, 0.15) is 0 Å². The van der Waals surface area contributed by atoms with Crippen LogP contribution in [0.3, 0.4) is 0 Å². The van der Waals surface area contributed by atoms with Crippen molar-refractivity contribution in [1.82, 2.24) is 0 Å². The van der Waals surface area contributed by atoms with Crippen LogP contribution < -0.4 is 0 Å². The molecule has 0 saturated heterocycles. The Kier molecular flexibility index (Phi) is 5.45. The summed E-state index contributed by atoms with van der Waals surface area (Å²) in [5.41, 5.74) is 1.40. The first kappa shape index (κ1) is 12.3. The van der Waals surface area contributed by atoms with E-state index in [1.54, 1.807) is 0 Å². The number of hydrogen-bond donors (Lipinski definition) is 0. The van der Waals surface area contributed by atoms with Crippen LogP contribution in [0.2, 0.25) is 0 Å². The second kappa shape index (κ2) is 6.66. The Hall–Kier alpha value is -0.781. The molecule has 0 aliphatic heterocycles. The van der Waals surface area contributed by atoms with Gasteiger partial charge >= 0.3 is 17.1 Å². The average Bonchev–Trinajstić information content (AvgIpc) is 2.72. The van der Waals surface area contributed by atoms with Crippen LogP contribution in [0.25, 0.3) is 0 Å². The average molecular weight is 239 g/mol. The van der Waals surface area contributed by atoms with Crippen molar-refractivity contribution in [3.8, 4) is 0 Å². The molecule has 0 bridgehead atoms. The van der Waals surface area contributed by atoms with Crippen molar-refractivity contribution in [3.63, 3.8) is 0 Å². The molecule has 1 aromatic rings. The second-order valence-electron chi connectivity index (χ2n) is 3.74. The van der Waals surface area contributed by atoms with E-state index in [9.17, 15) is 0 Å². The largest absolute Gasteiger partial charge is 2.00 e. The molecule has 1 aliphatic rings. The molecular weight excluding hydrogens is 224 g/mol. The van der Waals surface area contributed by atoms with Crippen molar-refractivity contribution in [3.05, 3.63) is 60.2 Å². The van der Waals surface area contributed by atoms with Crippen LogP contribution in [-0.4, -0.2) is 0 Å². The van der Waals surface area contributed by atoms with E-state index in [0.29, 0.717) is 5.92 Å². The fourth-order valence-corrected chi connectivity index (χ4v) is 1.80.